The van der Waals surface area contributed by atoms with E-state index in [1.807, 2.05) is 0 Å². The Morgan fingerprint density at radius 1 is 1.04 bits per heavy atom. The molecule has 23 heavy (non-hydrogen) atoms. The molecule has 0 saturated carbocycles. The van der Waals surface area contributed by atoms with Gasteiger partial charge >= 0.3 is 0 Å². The Morgan fingerprint density at radius 2 is 1.65 bits per heavy atom. The van der Waals surface area contributed by atoms with Gasteiger partial charge in [-0.3, -0.25) is 10.1 Å². The van der Waals surface area contributed by atoms with Crippen LogP contribution >= 0.6 is 0 Å². The number of aryl methyl sites for hydroxylation is 1. The van der Waals surface area contributed by atoms with Crippen LogP contribution in [-0.4, -0.2) is 19.9 Å². The lowest BCUT2D eigenvalue weighted by atomic mass is 10.1. The van der Waals surface area contributed by atoms with Crippen molar-refractivity contribution in [2.24, 2.45) is 0 Å². The second-order valence-corrected chi connectivity index (χ2v) is 6.65. The Hall–Kier alpha value is -2.32. The summed E-state index contributed by atoms with van der Waals surface area (Å²) in [5, 5.41) is 10.5. The van der Waals surface area contributed by atoms with Crippen molar-refractivity contribution in [3.63, 3.8) is 0 Å². The van der Waals surface area contributed by atoms with Gasteiger partial charge in [-0.05, 0) is 42.7 Å². The lowest BCUT2D eigenvalue weighted by Gasteiger charge is -2.07. The number of nitro benzene ring substituents is 1. The molecular weight excluding hydrogens is 323 g/mol. The first-order chi connectivity index (χ1) is 10.9. The first-order valence-corrected chi connectivity index (χ1v) is 8.35. The monoisotopic (exact) mass is 338 g/mol. The zero-order chi connectivity index (χ0) is 16.9. The van der Waals surface area contributed by atoms with E-state index in [4.69, 9.17) is 0 Å². The van der Waals surface area contributed by atoms with Crippen molar-refractivity contribution < 1.29 is 17.7 Å². The summed E-state index contributed by atoms with van der Waals surface area (Å²) in [5.41, 5.74) is 0.751. The molecule has 1 N–H and O–H groups in total. The van der Waals surface area contributed by atoms with Gasteiger partial charge in [0.25, 0.3) is 5.69 Å². The summed E-state index contributed by atoms with van der Waals surface area (Å²) >= 11 is 0. The highest BCUT2D eigenvalue weighted by Crippen LogP contribution is 2.15. The van der Waals surface area contributed by atoms with Crippen LogP contribution in [0.1, 0.15) is 12.0 Å². The molecule has 2 aromatic rings. The number of benzene rings is 2. The average molecular weight is 338 g/mol. The van der Waals surface area contributed by atoms with Crippen LogP contribution in [-0.2, 0) is 16.4 Å². The van der Waals surface area contributed by atoms with E-state index in [0.717, 1.165) is 17.7 Å². The minimum absolute atomic E-state index is 0.0233. The number of rotatable bonds is 7. The summed E-state index contributed by atoms with van der Waals surface area (Å²) in [4.78, 5) is 9.93. The van der Waals surface area contributed by atoms with Gasteiger partial charge in [0.2, 0.25) is 10.0 Å². The molecule has 0 saturated heterocycles. The van der Waals surface area contributed by atoms with Crippen LogP contribution in [0.4, 0.5) is 10.1 Å². The topological polar surface area (TPSA) is 89.3 Å². The van der Waals surface area contributed by atoms with E-state index in [0.29, 0.717) is 12.8 Å². The van der Waals surface area contributed by atoms with Crippen molar-refractivity contribution in [1.29, 1.82) is 0 Å². The van der Waals surface area contributed by atoms with Crippen molar-refractivity contribution in [1.82, 2.24) is 4.72 Å². The van der Waals surface area contributed by atoms with Gasteiger partial charge in [-0.15, -0.1) is 0 Å². The molecular formula is C15H15FN2O4S. The SMILES string of the molecule is O=[N+]([O-])c1ccc(S(=O)(=O)NCCCc2ccc(F)cc2)cc1. The molecule has 2 rings (SSSR count). The van der Waals surface area contributed by atoms with Gasteiger partial charge in [0.1, 0.15) is 5.82 Å². The Labute approximate surface area is 133 Å². The van der Waals surface area contributed by atoms with Gasteiger partial charge in [0.05, 0.1) is 9.82 Å². The third-order valence-electron chi connectivity index (χ3n) is 3.21. The van der Waals surface area contributed by atoms with Crippen LogP contribution in [0.25, 0.3) is 0 Å². The molecule has 6 nitrogen and oxygen atoms in total. The zero-order valence-electron chi connectivity index (χ0n) is 12.1. The van der Waals surface area contributed by atoms with Gasteiger partial charge in [0.15, 0.2) is 0 Å². The van der Waals surface area contributed by atoms with Crippen molar-refractivity contribution in [2.75, 3.05) is 6.54 Å². The summed E-state index contributed by atoms with van der Waals surface area (Å²) in [6.45, 7) is 0.219. The van der Waals surface area contributed by atoms with E-state index in [2.05, 4.69) is 4.72 Å². The third kappa shape index (κ3) is 4.83. The lowest BCUT2D eigenvalue weighted by Crippen LogP contribution is -2.25. The number of nitro groups is 1. The van der Waals surface area contributed by atoms with Crippen LogP contribution in [0.3, 0.4) is 0 Å². The summed E-state index contributed by atoms with van der Waals surface area (Å²) in [6.07, 6.45) is 1.17. The van der Waals surface area contributed by atoms with Crippen LogP contribution in [0, 0.1) is 15.9 Å². The quantitative estimate of drug-likeness (QED) is 0.477. The average Bonchev–Trinajstić information content (AvgIpc) is 2.53. The van der Waals surface area contributed by atoms with E-state index in [-0.39, 0.29) is 22.9 Å². The Morgan fingerprint density at radius 3 is 2.22 bits per heavy atom. The molecule has 0 atom stereocenters. The molecule has 0 fully saturated rings. The maximum absolute atomic E-state index is 12.8. The molecule has 0 aliphatic heterocycles. The number of sulfonamides is 1. The van der Waals surface area contributed by atoms with E-state index < -0.39 is 14.9 Å². The first-order valence-electron chi connectivity index (χ1n) is 6.87. The van der Waals surface area contributed by atoms with Crippen molar-refractivity contribution >= 4 is 15.7 Å². The fourth-order valence-electron chi connectivity index (χ4n) is 1.98. The van der Waals surface area contributed by atoms with E-state index in [1.54, 1.807) is 12.1 Å². The smallest absolute Gasteiger partial charge is 0.258 e. The molecule has 0 radical (unpaired) electrons. The molecule has 0 aromatic heterocycles. The van der Waals surface area contributed by atoms with Crippen LogP contribution in [0.2, 0.25) is 0 Å². The fraction of sp³-hybridized carbons (Fsp3) is 0.200. The summed E-state index contributed by atoms with van der Waals surface area (Å²) in [7, 11) is -3.70. The number of hydrogen-bond acceptors (Lipinski definition) is 4. The van der Waals surface area contributed by atoms with Gasteiger partial charge in [-0.25, -0.2) is 17.5 Å². The van der Waals surface area contributed by atoms with Gasteiger partial charge in [0, 0.05) is 18.7 Å². The van der Waals surface area contributed by atoms with Crippen molar-refractivity contribution in [2.45, 2.75) is 17.7 Å². The van der Waals surface area contributed by atoms with Crippen LogP contribution < -0.4 is 4.72 Å². The molecule has 0 amide bonds. The molecule has 8 heteroatoms. The van der Waals surface area contributed by atoms with E-state index >= 15 is 0 Å². The molecule has 0 spiro atoms. The normalized spacial score (nSPS) is 11.3. The summed E-state index contributed by atoms with van der Waals surface area (Å²) in [6, 6.07) is 10.7. The van der Waals surface area contributed by atoms with Gasteiger partial charge < -0.3 is 0 Å². The molecule has 0 unspecified atom stereocenters. The molecule has 0 bridgehead atoms. The minimum Gasteiger partial charge on any atom is -0.258 e. The third-order valence-corrected chi connectivity index (χ3v) is 4.68. The lowest BCUT2D eigenvalue weighted by molar-refractivity contribution is -0.384. The fourth-order valence-corrected chi connectivity index (χ4v) is 3.05. The number of nitrogens with zero attached hydrogens (tertiary/aromatic N) is 1. The second-order valence-electron chi connectivity index (χ2n) is 4.88. The number of non-ortho nitro benzene ring substituents is 1. The maximum Gasteiger partial charge on any atom is 0.269 e. The largest absolute Gasteiger partial charge is 0.269 e. The van der Waals surface area contributed by atoms with Crippen molar-refractivity contribution in [3.05, 3.63) is 70.0 Å². The number of nitrogens with one attached hydrogen (secondary N) is 1. The molecule has 122 valence electrons. The Kier molecular flexibility index (Phi) is 5.41. The predicted octanol–water partition coefficient (Wildman–Crippen LogP) is 2.65. The number of hydrogen-bond donors (Lipinski definition) is 1. The summed E-state index contributed by atoms with van der Waals surface area (Å²) in [5.74, 6) is -0.312. The van der Waals surface area contributed by atoms with Gasteiger partial charge in [-0.2, -0.15) is 0 Å². The minimum atomic E-state index is -3.70. The highest BCUT2D eigenvalue weighted by atomic mass is 32.2. The highest BCUT2D eigenvalue weighted by molar-refractivity contribution is 7.89. The summed E-state index contributed by atoms with van der Waals surface area (Å²) < 4.78 is 39.3. The molecule has 0 aliphatic rings. The molecule has 0 heterocycles. The second kappa shape index (κ2) is 7.30. The molecule has 2 aromatic carbocycles. The zero-order valence-corrected chi connectivity index (χ0v) is 12.9. The molecule has 0 aliphatic carbocycles. The standard InChI is InChI=1S/C15H15FN2O4S/c16-13-5-3-12(4-6-13)2-1-11-17-23(21,22)15-9-7-14(8-10-15)18(19)20/h3-10,17H,1-2,11H2. The van der Waals surface area contributed by atoms with Crippen molar-refractivity contribution in [3.8, 4) is 0 Å². The van der Waals surface area contributed by atoms with E-state index in [1.165, 1.54) is 24.3 Å². The highest BCUT2D eigenvalue weighted by Gasteiger charge is 2.15. The Balaban J connectivity index is 1.88. The maximum atomic E-state index is 12.8. The Bertz CT molecular complexity index is 774. The van der Waals surface area contributed by atoms with Gasteiger partial charge in [-0.1, -0.05) is 12.1 Å². The number of halogens is 1. The van der Waals surface area contributed by atoms with E-state index in [9.17, 15) is 22.9 Å². The van der Waals surface area contributed by atoms with Crippen LogP contribution in [0.15, 0.2) is 53.4 Å². The van der Waals surface area contributed by atoms with Crippen LogP contribution in [0.5, 0.6) is 0 Å². The first kappa shape index (κ1) is 17.0. The predicted molar refractivity (Wildman–Crippen MR) is 83.0 cm³/mol.